The summed E-state index contributed by atoms with van der Waals surface area (Å²) in [6.45, 7) is -0.195. The van der Waals surface area contributed by atoms with Crippen LogP contribution in [0.5, 0.6) is 11.5 Å². The zero-order chi connectivity index (χ0) is 28.1. The first-order valence-corrected chi connectivity index (χ1v) is 12.9. The highest BCUT2D eigenvalue weighted by atomic mass is 16.5. The minimum Gasteiger partial charge on any atom is -0.497 e. The molecule has 3 atom stereocenters. The number of carbonyl (C=O) groups excluding carboxylic acids is 4. The summed E-state index contributed by atoms with van der Waals surface area (Å²) in [5.41, 5.74) is 1.51. The van der Waals surface area contributed by atoms with Crippen LogP contribution in [-0.4, -0.2) is 72.0 Å². The molecule has 0 spiro atoms. The van der Waals surface area contributed by atoms with E-state index in [2.05, 4.69) is 5.32 Å². The van der Waals surface area contributed by atoms with Crippen molar-refractivity contribution in [1.29, 1.82) is 0 Å². The average molecular weight is 544 g/mol. The van der Waals surface area contributed by atoms with Gasteiger partial charge in [0.2, 0.25) is 18.0 Å². The maximum absolute atomic E-state index is 13.4. The van der Waals surface area contributed by atoms with Gasteiger partial charge in [0.05, 0.1) is 19.6 Å². The van der Waals surface area contributed by atoms with Gasteiger partial charge in [-0.15, -0.1) is 0 Å². The molecule has 1 N–H and O–H groups in total. The second kappa shape index (κ2) is 11.9. The van der Waals surface area contributed by atoms with Crippen molar-refractivity contribution in [3.8, 4) is 11.5 Å². The van der Waals surface area contributed by atoms with Crippen LogP contribution in [0.25, 0.3) is 0 Å². The van der Waals surface area contributed by atoms with E-state index >= 15 is 0 Å². The number of β-lactam (4-membered cyclic amide) rings is 1. The van der Waals surface area contributed by atoms with Crippen LogP contribution < -0.4 is 14.8 Å². The minimum absolute atomic E-state index is 0.000367. The Bertz CT molecular complexity index is 1370. The largest absolute Gasteiger partial charge is 0.497 e. The third kappa shape index (κ3) is 5.75. The van der Waals surface area contributed by atoms with Gasteiger partial charge in [-0.1, -0.05) is 60.7 Å². The van der Waals surface area contributed by atoms with Crippen molar-refractivity contribution in [3.63, 3.8) is 0 Å². The maximum Gasteiger partial charge on any atom is 0.350 e. The first-order valence-electron chi connectivity index (χ1n) is 12.9. The highest BCUT2D eigenvalue weighted by molar-refractivity contribution is 5.99. The maximum atomic E-state index is 13.4. The zero-order valence-electron chi connectivity index (χ0n) is 21.9. The molecule has 2 fully saturated rings. The number of ether oxygens (including phenoxy) is 3. The molecule has 40 heavy (non-hydrogen) atoms. The van der Waals surface area contributed by atoms with Gasteiger partial charge < -0.3 is 29.3 Å². The van der Waals surface area contributed by atoms with Crippen molar-refractivity contribution in [3.05, 3.63) is 96.1 Å². The summed E-state index contributed by atoms with van der Waals surface area (Å²) in [4.78, 5) is 55.0. The summed E-state index contributed by atoms with van der Waals surface area (Å²) in [5.74, 6) is -0.806. The fourth-order valence-electron chi connectivity index (χ4n) is 4.85. The molecule has 2 aliphatic heterocycles. The van der Waals surface area contributed by atoms with Crippen LogP contribution in [0.4, 0.5) is 0 Å². The number of hydrogen-bond donors (Lipinski definition) is 1. The third-order valence-corrected chi connectivity index (χ3v) is 6.90. The first-order chi connectivity index (χ1) is 19.4. The number of fused-ring (bicyclic) bond motifs is 1. The SMILES string of the molecule is COc1ccc(CC(=O)N2CC3[C@@H](NC(=O)COc4ccccc4)C(=O)N3C2C(=O)OCc2ccccc2)cc1. The van der Waals surface area contributed by atoms with E-state index in [0.717, 1.165) is 11.1 Å². The molecule has 2 aliphatic rings. The van der Waals surface area contributed by atoms with E-state index in [1.165, 1.54) is 9.80 Å². The molecule has 0 aliphatic carbocycles. The Morgan fingerprint density at radius 3 is 2.23 bits per heavy atom. The summed E-state index contributed by atoms with van der Waals surface area (Å²) >= 11 is 0. The van der Waals surface area contributed by atoms with Crippen molar-refractivity contribution >= 4 is 23.7 Å². The molecule has 5 rings (SSSR count). The Balaban J connectivity index is 1.28. The Morgan fingerprint density at radius 1 is 0.875 bits per heavy atom. The van der Waals surface area contributed by atoms with Gasteiger partial charge in [-0.05, 0) is 35.4 Å². The van der Waals surface area contributed by atoms with Gasteiger partial charge in [0, 0.05) is 6.54 Å². The number of methoxy groups -OCH3 is 1. The number of rotatable bonds is 10. The lowest BCUT2D eigenvalue weighted by atomic mass is 9.96. The second-order valence-corrected chi connectivity index (χ2v) is 9.50. The van der Waals surface area contributed by atoms with Crippen LogP contribution >= 0.6 is 0 Å². The summed E-state index contributed by atoms with van der Waals surface area (Å²) in [7, 11) is 1.56. The number of hydrogen-bond acceptors (Lipinski definition) is 7. The van der Waals surface area contributed by atoms with E-state index in [4.69, 9.17) is 14.2 Å². The van der Waals surface area contributed by atoms with Crippen LogP contribution in [0.2, 0.25) is 0 Å². The molecular weight excluding hydrogens is 514 g/mol. The topological polar surface area (TPSA) is 114 Å². The molecule has 2 heterocycles. The lowest BCUT2D eigenvalue weighted by Crippen LogP contribution is -2.71. The molecule has 3 amide bonds. The second-order valence-electron chi connectivity index (χ2n) is 9.50. The van der Waals surface area contributed by atoms with Crippen LogP contribution in [-0.2, 0) is 36.9 Å². The quantitative estimate of drug-likeness (QED) is 0.307. The number of benzene rings is 3. The lowest BCUT2D eigenvalue weighted by Gasteiger charge is -2.43. The van der Waals surface area contributed by atoms with Gasteiger partial charge in [0.1, 0.15) is 24.1 Å². The van der Waals surface area contributed by atoms with Gasteiger partial charge in [-0.2, -0.15) is 0 Å². The molecule has 0 radical (unpaired) electrons. The normalized spacial score (nSPS) is 19.3. The number of nitrogens with zero attached hydrogens (tertiary/aromatic N) is 2. The summed E-state index contributed by atoms with van der Waals surface area (Å²) < 4.78 is 16.2. The Labute approximate surface area is 231 Å². The summed E-state index contributed by atoms with van der Waals surface area (Å²) in [6.07, 6.45) is -1.20. The molecular formula is C30H29N3O7. The van der Waals surface area contributed by atoms with Crippen molar-refractivity contribution in [2.24, 2.45) is 0 Å². The van der Waals surface area contributed by atoms with Gasteiger partial charge in [0.25, 0.3) is 5.91 Å². The fraction of sp³-hybridized carbons (Fsp3) is 0.267. The third-order valence-electron chi connectivity index (χ3n) is 6.90. The molecule has 2 saturated heterocycles. The smallest absolute Gasteiger partial charge is 0.350 e. The van der Waals surface area contributed by atoms with Gasteiger partial charge >= 0.3 is 5.97 Å². The minimum atomic E-state index is -1.22. The standard InChI is InChI=1S/C30H29N3O7/c1-38-22-14-12-20(13-15-22)16-26(35)32-17-24-27(31-25(34)19-39-23-10-6-3-7-11-23)29(36)33(24)28(32)30(37)40-18-21-8-4-2-5-9-21/h2-15,24,27-28H,16-19H2,1H3,(H,31,34)/t24?,27-,28?/m1/s1. The number of esters is 1. The number of amides is 3. The Morgan fingerprint density at radius 2 is 1.55 bits per heavy atom. The fourth-order valence-corrected chi connectivity index (χ4v) is 4.85. The Kier molecular flexibility index (Phi) is 7.95. The molecule has 2 unspecified atom stereocenters. The van der Waals surface area contributed by atoms with E-state index in [1.807, 2.05) is 36.4 Å². The number of nitrogens with one attached hydrogen (secondary N) is 1. The van der Waals surface area contributed by atoms with E-state index in [0.29, 0.717) is 11.5 Å². The van der Waals surface area contributed by atoms with Gasteiger partial charge in [-0.3, -0.25) is 14.4 Å². The zero-order valence-corrected chi connectivity index (χ0v) is 21.9. The van der Waals surface area contributed by atoms with Gasteiger partial charge in [0.15, 0.2) is 6.61 Å². The summed E-state index contributed by atoms with van der Waals surface area (Å²) in [5, 5.41) is 2.69. The highest BCUT2D eigenvalue weighted by Crippen LogP contribution is 2.34. The van der Waals surface area contributed by atoms with E-state index in [1.54, 1.807) is 55.6 Å². The average Bonchev–Trinajstić information content (AvgIpc) is 3.36. The van der Waals surface area contributed by atoms with Crippen molar-refractivity contribution in [1.82, 2.24) is 15.1 Å². The number of para-hydroxylation sites is 1. The van der Waals surface area contributed by atoms with Crippen LogP contribution in [0.15, 0.2) is 84.9 Å². The van der Waals surface area contributed by atoms with Crippen molar-refractivity contribution in [2.75, 3.05) is 20.3 Å². The summed E-state index contributed by atoms with van der Waals surface area (Å²) in [6, 6.07) is 23.6. The highest BCUT2D eigenvalue weighted by Gasteiger charge is 2.61. The van der Waals surface area contributed by atoms with Crippen LogP contribution in [0.3, 0.4) is 0 Å². The van der Waals surface area contributed by atoms with E-state index in [9.17, 15) is 19.2 Å². The molecule has 0 aromatic heterocycles. The molecule has 0 bridgehead atoms. The molecule has 3 aromatic carbocycles. The molecule has 206 valence electrons. The predicted octanol–water partition coefficient (Wildman–Crippen LogP) is 1.92. The molecule has 0 saturated carbocycles. The first kappa shape index (κ1) is 26.7. The lowest BCUT2D eigenvalue weighted by molar-refractivity contribution is -0.170. The predicted molar refractivity (Wildman–Crippen MR) is 143 cm³/mol. The van der Waals surface area contributed by atoms with Crippen LogP contribution in [0.1, 0.15) is 11.1 Å². The Hall–Kier alpha value is -4.86. The monoisotopic (exact) mass is 543 g/mol. The van der Waals surface area contributed by atoms with Gasteiger partial charge in [-0.25, -0.2) is 4.79 Å². The molecule has 10 nitrogen and oxygen atoms in total. The number of carbonyl (C=O) groups is 4. The molecule has 10 heteroatoms. The van der Waals surface area contributed by atoms with Crippen LogP contribution in [0, 0.1) is 0 Å². The van der Waals surface area contributed by atoms with Crippen molar-refractivity contribution < 1.29 is 33.4 Å². The molecule has 3 aromatic rings. The van der Waals surface area contributed by atoms with E-state index < -0.39 is 36.0 Å². The van der Waals surface area contributed by atoms with E-state index in [-0.39, 0.29) is 32.1 Å². The van der Waals surface area contributed by atoms with Crippen molar-refractivity contribution in [2.45, 2.75) is 31.3 Å².